The highest BCUT2D eigenvalue weighted by Gasteiger charge is 2.25. The fraction of sp³-hybridized carbons (Fsp3) is 0.167. The fourth-order valence-corrected chi connectivity index (χ4v) is 1.79. The zero-order valence-electron chi connectivity index (χ0n) is 10.3. The Balaban J connectivity index is 2.59. The highest BCUT2D eigenvalue weighted by Crippen LogP contribution is 2.27. The van der Waals surface area contributed by atoms with Gasteiger partial charge in [-0.05, 0) is 31.1 Å². The predicted octanol–water partition coefficient (Wildman–Crippen LogP) is 1.39. The Morgan fingerprint density at radius 1 is 1.21 bits per heavy atom. The maximum absolute atomic E-state index is 11.4. The quantitative estimate of drug-likeness (QED) is 0.363. The van der Waals surface area contributed by atoms with E-state index in [0.717, 1.165) is 5.56 Å². The third-order valence-corrected chi connectivity index (χ3v) is 2.97. The molecular weight excluding hydrogens is 250 g/mol. The van der Waals surface area contributed by atoms with Gasteiger partial charge in [0, 0.05) is 6.07 Å². The van der Waals surface area contributed by atoms with E-state index in [1.165, 1.54) is 12.1 Å². The number of imide groups is 1. The summed E-state index contributed by atoms with van der Waals surface area (Å²) >= 11 is 0. The van der Waals surface area contributed by atoms with Crippen molar-refractivity contribution >= 4 is 23.7 Å². The molecule has 7 heteroatoms. The molecule has 1 aliphatic rings. The Hall–Kier alpha value is -2.70. The number of urea groups is 1. The normalized spacial score (nSPS) is 16.4. The molecule has 0 bridgehead atoms. The lowest BCUT2D eigenvalue weighted by molar-refractivity contribution is -0.385. The van der Waals surface area contributed by atoms with Crippen molar-refractivity contribution < 1.29 is 14.5 Å². The van der Waals surface area contributed by atoms with Gasteiger partial charge in [-0.3, -0.25) is 20.2 Å². The largest absolute Gasteiger partial charge is 0.326 e. The molecule has 7 nitrogen and oxygen atoms in total. The van der Waals surface area contributed by atoms with Gasteiger partial charge in [0.1, 0.15) is 5.70 Å². The van der Waals surface area contributed by atoms with Gasteiger partial charge in [0.05, 0.1) is 10.5 Å². The summed E-state index contributed by atoms with van der Waals surface area (Å²) in [6, 6.07) is 2.39. The van der Waals surface area contributed by atoms with Crippen LogP contribution in [-0.2, 0) is 4.79 Å². The lowest BCUT2D eigenvalue weighted by Crippen LogP contribution is -2.22. The van der Waals surface area contributed by atoms with Crippen LogP contribution in [0.1, 0.15) is 16.7 Å². The van der Waals surface area contributed by atoms with Crippen molar-refractivity contribution in [3.05, 3.63) is 44.6 Å². The topological polar surface area (TPSA) is 101 Å². The summed E-state index contributed by atoms with van der Waals surface area (Å²) in [7, 11) is 0. The summed E-state index contributed by atoms with van der Waals surface area (Å²) in [6.45, 7) is 3.54. The van der Waals surface area contributed by atoms with E-state index in [9.17, 15) is 19.7 Å². The molecular formula is C12H11N3O4. The summed E-state index contributed by atoms with van der Waals surface area (Å²) in [6.07, 6.45) is 1.32. The van der Waals surface area contributed by atoms with E-state index < -0.39 is 16.9 Å². The van der Waals surface area contributed by atoms with Gasteiger partial charge in [-0.25, -0.2) is 4.79 Å². The van der Waals surface area contributed by atoms with Gasteiger partial charge in [-0.2, -0.15) is 0 Å². The SMILES string of the molecule is Cc1ccc([N+](=O)[O-])c(/C=C2\NC(=O)NC2=O)c1C. The van der Waals surface area contributed by atoms with E-state index in [2.05, 4.69) is 5.32 Å². The molecule has 1 saturated heterocycles. The molecule has 98 valence electrons. The standard InChI is InChI=1S/C12H11N3O4/c1-6-3-4-10(15(18)19)8(7(6)2)5-9-11(16)14-12(17)13-9/h3-5H,1-2H3,(H2,13,14,16,17)/b9-5-. The van der Waals surface area contributed by atoms with Gasteiger partial charge in [0.15, 0.2) is 0 Å². The number of carbonyl (C=O) groups excluding carboxylic acids is 2. The minimum absolute atomic E-state index is 0.00167. The number of benzene rings is 1. The highest BCUT2D eigenvalue weighted by atomic mass is 16.6. The molecule has 0 aliphatic carbocycles. The summed E-state index contributed by atoms with van der Waals surface area (Å²) in [4.78, 5) is 32.9. The number of aryl methyl sites for hydroxylation is 1. The molecule has 0 saturated carbocycles. The molecule has 19 heavy (non-hydrogen) atoms. The van der Waals surface area contributed by atoms with E-state index in [0.29, 0.717) is 11.1 Å². The van der Waals surface area contributed by atoms with Gasteiger partial charge in [0.2, 0.25) is 0 Å². The average Bonchev–Trinajstić information content (AvgIpc) is 2.63. The number of rotatable bonds is 2. The fourth-order valence-electron chi connectivity index (χ4n) is 1.79. The van der Waals surface area contributed by atoms with Crippen LogP contribution in [0.15, 0.2) is 17.8 Å². The Morgan fingerprint density at radius 2 is 1.89 bits per heavy atom. The van der Waals surface area contributed by atoms with Crippen LogP contribution in [0, 0.1) is 24.0 Å². The molecule has 1 aliphatic heterocycles. The molecule has 0 atom stereocenters. The van der Waals surface area contributed by atoms with Gasteiger partial charge >= 0.3 is 6.03 Å². The predicted molar refractivity (Wildman–Crippen MR) is 67.2 cm³/mol. The van der Waals surface area contributed by atoms with Gasteiger partial charge in [-0.15, -0.1) is 0 Å². The zero-order valence-corrected chi connectivity index (χ0v) is 10.3. The van der Waals surface area contributed by atoms with E-state index in [4.69, 9.17) is 0 Å². The second-order valence-electron chi connectivity index (χ2n) is 4.16. The maximum atomic E-state index is 11.4. The zero-order chi connectivity index (χ0) is 14.2. The van der Waals surface area contributed by atoms with E-state index in [-0.39, 0.29) is 11.4 Å². The molecule has 0 unspecified atom stereocenters. The van der Waals surface area contributed by atoms with Crippen molar-refractivity contribution in [3.63, 3.8) is 0 Å². The molecule has 1 fully saturated rings. The third-order valence-electron chi connectivity index (χ3n) is 2.97. The number of nitro benzene ring substituents is 1. The maximum Gasteiger partial charge on any atom is 0.326 e. The van der Waals surface area contributed by atoms with E-state index >= 15 is 0 Å². The van der Waals surface area contributed by atoms with Gasteiger partial charge < -0.3 is 5.32 Å². The molecule has 1 aromatic rings. The molecule has 0 radical (unpaired) electrons. The van der Waals surface area contributed by atoms with Crippen molar-refractivity contribution in [3.8, 4) is 0 Å². The summed E-state index contributed by atoms with van der Waals surface area (Å²) in [5, 5.41) is 15.3. The van der Waals surface area contributed by atoms with Crippen LogP contribution in [0.2, 0.25) is 0 Å². The van der Waals surface area contributed by atoms with Crippen molar-refractivity contribution in [2.75, 3.05) is 0 Å². The number of carbonyl (C=O) groups is 2. The number of hydrogen-bond acceptors (Lipinski definition) is 4. The Morgan fingerprint density at radius 3 is 2.42 bits per heavy atom. The van der Waals surface area contributed by atoms with Crippen LogP contribution >= 0.6 is 0 Å². The second-order valence-corrected chi connectivity index (χ2v) is 4.16. The molecule has 3 amide bonds. The number of nitrogens with one attached hydrogen (secondary N) is 2. The first-order chi connectivity index (χ1) is 8.90. The number of nitrogens with zero attached hydrogens (tertiary/aromatic N) is 1. The van der Waals surface area contributed by atoms with Crippen molar-refractivity contribution in [2.24, 2.45) is 0 Å². The van der Waals surface area contributed by atoms with Gasteiger partial charge in [0.25, 0.3) is 11.6 Å². The highest BCUT2D eigenvalue weighted by molar-refractivity contribution is 6.14. The lowest BCUT2D eigenvalue weighted by Gasteiger charge is -2.06. The van der Waals surface area contributed by atoms with Crippen LogP contribution in [0.25, 0.3) is 6.08 Å². The summed E-state index contributed by atoms with van der Waals surface area (Å²) in [5.41, 5.74) is 1.77. The molecule has 1 heterocycles. The van der Waals surface area contributed by atoms with Crippen LogP contribution in [0.5, 0.6) is 0 Å². The van der Waals surface area contributed by atoms with E-state index in [1.807, 2.05) is 12.2 Å². The van der Waals surface area contributed by atoms with Crippen LogP contribution in [-0.4, -0.2) is 16.9 Å². The smallest absolute Gasteiger partial charge is 0.303 e. The number of hydrogen-bond donors (Lipinski definition) is 2. The first-order valence-corrected chi connectivity index (χ1v) is 5.49. The summed E-state index contributed by atoms with van der Waals surface area (Å²) in [5.74, 6) is -0.597. The van der Waals surface area contributed by atoms with Crippen LogP contribution < -0.4 is 10.6 Å². The first-order valence-electron chi connectivity index (χ1n) is 5.49. The molecule has 0 spiro atoms. The molecule has 0 aromatic heterocycles. The second kappa shape index (κ2) is 4.52. The van der Waals surface area contributed by atoms with Crippen molar-refractivity contribution in [2.45, 2.75) is 13.8 Å². The first kappa shape index (κ1) is 12.7. The Labute approximate surface area is 108 Å². The minimum atomic E-state index is -0.635. The molecule has 2 N–H and O–H groups in total. The Bertz CT molecular complexity index is 634. The minimum Gasteiger partial charge on any atom is -0.303 e. The third kappa shape index (κ3) is 2.30. The molecule has 2 rings (SSSR count). The van der Waals surface area contributed by atoms with Gasteiger partial charge in [-0.1, -0.05) is 6.07 Å². The van der Waals surface area contributed by atoms with Crippen molar-refractivity contribution in [1.82, 2.24) is 10.6 Å². The van der Waals surface area contributed by atoms with Crippen LogP contribution in [0.3, 0.4) is 0 Å². The Kier molecular flexibility index (Phi) is 3.04. The van der Waals surface area contributed by atoms with E-state index in [1.54, 1.807) is 13.0 Å². The average molecular weight is 261 g/mol. The number of nitro groups is 1. The lowest BCUT2D eigenvalue weighted by atomic mass is 10.0. The number of amides is 3. The molecule has 1 aromatic carbocycles. The van der Waals surface area contributed by atoms with Crippen LogP contribution in [0.4, 0.5) is 10.5 Å². The monoisotopic (exact) mass is 261 g/mol. The van der Waals surface area contributed by atoms with Crippen molar-refractivity contribution in [1.29, 1.82) is 0 Å². The summed E-state index contributed by atoms with van der Waals surface area (Å²) < 4.78 is 0.